The fourth-order valence-corrected chi connectivity index (χ4v) is 3.41. The monoisotopic (exact) mass is 323 g/mol. The van der Waals surface area contributed by atoms with Gasteiger partial charge in [0, 0.05) is 19.3 Å². The van der Waals surface area contributed by atoms with Crippen molar-refractivity contribution in [2.45, 2.75) is 44.6 Å². The third-order valence-corrected chi connectivity index (χ3v) is 5.19. The SMILES string of the molecule is Cc1c(Cl)cncc1NC(=O)NC[C@H]1CCOC2(CCC2)C1. The highest BCUT2D eigenvalue weighted by atomic mass is 35.5. The summed E-state index contributed by atoms with van der Waals surface area (Å²) in [5, 5.41) is 6.32. The summed E-state index contributed by atoms with van der Waals surface area (Å²) in [7, 11) is 0. The lowest BCUT2D eigenvalue weighted by atomic mass is 9.72. The van der Waals surface area contributed by atoms with Crippen molar-refractivity contribution >= 4 is 23.3 Å². The molecule has 1 atom stereocenters. The van der Waals surface area contributed by atoms with Crippen molar-refractivity contribution < 1.29 is 9.53 Å². The van der Waals surface area contributed by atoms with Crippen LogP contribution in [-0.2, 0) is 4.74 Å². The van der Waals surface area contributed by atoms with E-state index in [0.717, 1.165) is 25.0 Å². The lowest BCUT2D eigenvalue weighted by Crippen LogP contribution is -2.48. The second kappa shape index (κ2) is 6.42. The number of carbonyl (C=O) groups is 1. The Bertz CT molecular complexity index is 560. The first kappa shape index (κ1) is 15.6. The summed E-state index contributed by atoms with van der Waals surface area (Å²) in [6.45, 7) is 3.35. The van der Waals surface area contributed by atoms with E-state index in [-0.39, 0.29) is 11.6 Å². The molecule has 1 saturated carbocycles. The molecule has 2 heterocycles. The number of urea groups is 1. The van der Waals surface area contributed by atoms with Crippen molar-refractivity contribution in [1.82, 2.24) is 10.3 Å². The van der Waals surface area contributed by atoms with Crippen LogP contribution in [-0.4, -0.2) is 29.8 Å². The maximum atomic E-state index is 12.0. The lowest BCUT2D eigenvalue weighted by Gasteiger charge is -2.47. The predicted octanol–water partition coefficient (Wildman–Crippen LogP) is 3.51. The number of aromatic nitrogens is 1. The Balaban J connectivity index is 1.49. The normalized spacial score (nSPS) is 22.9. The second-order valence-corrected chi connectivity index (χ2v) is 6.78. The standard InChI is InChI=1S/C16H22ClN3O2/c1-11-13(17)9-18-10-14(11)20-15(21)19-8-12-3-6-22-16(7-12)4-2-5-16/h9-10,12H,2-8H2,1H3,(H2,19,20,21)/t12-/m0/s1. The van der Waals surface area contributed by atoms with Crippen LogP contribution in [0.2, 0.25) is 5.02 Å². The molecular weight excluding hydrogens is 302 g/mol. The minimum atomic E-state index is -0.207. The van der Waals surface area contributed by atoms with Crippen molar-refractivity contribution in [2.75, 3.05) is 18.5 Å². The molecule has 2 amide bonds. The van der Waals surface area contributed by atoms with Gasteiger partial charge in [-0.15, -0.1) is 0 Å². The van der Waals surface area contributed by atoms with Gasteiger partial charge in [-0.2, -0.15) is 0 Å². The van der Waals surface area contributed by atoms with Crippen LogP contribution in [0.25, 0.3) is 0 Å². The topological polar surface area (TPSA) is 63.2 Å². The molecule has 0 unspecified atom stereocenters. The van der Waals surface area contributed by atoms with Gasteiger partial charge >= 0.3 is 6.03 Å². The maximum absolute atomic E-state index is 12.0. The number of carbonyl (C=O) groups excluding carboxylic acids is 1. The zero-order chi connectivity index (χ0) is 15.6. The second-order valence-electron chi connectivity index (χ2n) is 6.37. The first-order valence-corrected chi connectivity index (χ1v) is 8.25. The molecule has 6 heteroatoms. The Morgan fingerprint density at radius 2 is 2.32 bits per heavy atom. The van der Waals surface area contributed by atoms with Crippen molar-refractivity contribution in [1.29, 1.82) is 0 Å². The van der Waals surface area contributed by atoms with Gasteiger partial charge < -0.3 is 15.4 Å². The lowest BCUT2D eigenvalue weighted by molar-refractivity contribution is -0.142. The molecule has 5 nitrogen and oxygen atoms in total. The highest BCUT2D eigenvalue weighted by Crippen LogP contribution is 2.44. The summed E-state index contributed by atoms with van der Waals surface area (Å²) in [6.07, 6.45) is 8.86. The highest BCUT2D eigenvalue weighted by molar-refractivity contribution is 6.31. The Morgan fingerprint density at radius 3 is 3.05 bits per heavy atom. The van der Waals surface area contributed by atoms with E-state index in [1.807, 2.05) is 6.92 Å². The maximum Gasteiger partial charge on any atom is 0.319 e. The first-order chi connectivity index (χ1) is 10.6. The van der Waals surface area contributed by atoms with Crippen LogP contribution in [0.3, 0.4) is 0 Å². The number of ether oxygens (including phenoxy) is 1. The third-order valence-electron chi connectivity index (χ3n) is 4.81. The number of nitrogens with one attached hydrogen (secondary N) is 2. The van der Waals surface area contributed by atoms with E-state index in [9.17, 15) is 4.79 Å². The molecule has 2 N–H and O–H groups in total. The first-order valence-electron chi connectivity index (χ1n) is 7.87. The van der Waals surface area contributed by atoms with Crippen LogP contribution in [0.15, 0.2) is 12.4 Å². The van der Waals surface area contributed by atoms with E-state index in [4.69, 9.17) is 16.3 Å². The van der Waals surface area contributed by atoms with Crippen LogP contribution in [0.1, 0.15) is 37.7 Å². The number of halogens is 1. The van der Waals surface area contributed by atoms with E-state index in [1.165, 1.54) is 19.3 Å². The van der Waals surface area contributed by atoms with Gasteiger partial charge in [0.2, 0.25) is 0 Å². The Hall–Kier alpha value is -1.33. The molecule has 2 aliphatic rings. The molecule has 3 rings (SSSR count). The average molecular weight is 324 g/mol. The third kappa shape index (κ3) is 3.36. The molecule has 0 aromatic carbocycles. The number of hydrogen-bond donors (Lipinski definition) is 2. The Morgan fingerprint density at radius 1 is 1.50 bits per heavy atom. The van der Waals surface area contributed by atoms with Gasteiger partial charge in [-0.3, -0.25) is 4.98 Å². The van der Waals surface area contributed by atoms with E-state index in [0.29, 0.717) is 23.2 Å². The fourth-order valence-electron chi connectivity index (χ4n) is 3.25. The molecule has 120 valence electrons. The molecule has 1 aromatic rings. The predicted molar refractivity (Wildman–Crippen MR) is 86.3 cm³/mol. The van der Waals surface area contributed by atoms with E-state index in [2.05, 4.69) is 15.6 Å². The van der Waals surface area contributed by atoms with Gasteiger partial charge in [0.1, 0.15) is 0 Å². The van der Waals surface area contributed by atoms with Gasteiger partial charge in [0.15, 0.2) is 0 Å². The number of hydrogen-bond acceptors (Lipinski definition) is 3. The molecule has 22 heavy (non-hydrogen) atoms. The average Bonchev–Trinajstić information content (AvgIpc) is 2.49. The van der Waals surface area contributed by atoms with Crippen LogP contribution in [0, 0.1) is 12.8 Å². The molecule has 1 aliphatic heterocycles. The van der Waals surface area contributed by atoms with Crippen molar-refractivity contribution in [3.05, 3.63) is 23.0 Å². The van der Waals surface area contributed by atoms with Crippen LogP contribution < -0.4 is 10.6 Å². The minimum Gasteiger partial charge on any atom is -0.375 e. The van der Waals surface area contributed by atoms with Gasteiger partial charge in [-0.1, -0.05) is 11.6 Å². The summed E-state index contributed by atoms with van der Waals surface area (Å²) in [6, 6.07) is -0.207. The molecule has 0 radical (unpaired) electrons. The van der Waals surface area contributed by atoms with E-state index >= 15 is 0 Å². The van der Waals surface area contributed by atoms with Gasteiger partial charge in [0.05, 0.1) is 22.5 Å². The smallest absolute Gasteiger partial charge is 0.319 e. The summed E-state index contributed by atoms with van der Waals surface area (Å²) in [4.78, 5) is 16.0. The van der Waals surface area contributed by atoms with E-state index < -0.39 is 0 Å². The molecule has 0 bridgehead atoms. The van der Waals surface area contributed by atoms with Crippen LogP contribution in [0.5, 0.6) is 0 Å². The Labute approximate surface area is 135 Å². The largest absolute Gasteiger partial charge is 0.375 e. The molecule has 2 fully saturated rings. The van der Waals surface area contributed by atoms with Crippen molar-refractivity contribution in [3.8, 4) is 0 Å². The van der Waals surface area contributed by atoms with Crippen LogP contribution >= 0.6 is 11.6 Å². The van der Waals surface area contributed by atoms with E-state index in [1.54, 1.807) is 12.4 Å². The number of anilines is 1. The fraction of sp³-hybridized carbons (Fsp3) is 0.625. The number of nitrogens with zero attached hydrogens (tertiary/aromatic N) is 1. The van der Waals surface area contributed by atoms with Crippen molar-refractivity contribution in [3.63, 3.8) is 0 Å². The minimum absolute atomic E-state index is 0.120. The molecule has 1 aliphatic carbocycles. The summed E-state index contributed by atoms with van der Waals surface area (Å²) in [5.41, 5.74) is 1.59. The molecule has 1 aromatic heterocycles. The molecule has 1 saturated heterocycles. The number of rotatable bonds is 3. The zero-order valence-electron chi connectivity index (χ0n) is 12.8. The summed E-state index contributed by atoms with van der Waals surface area (Å²) >= 11 is 6.00. The van der Waals surface area contributed by atoms with Gasteiger partial charge in [0.25, 0.3) is 0 Å². The van der Waals surface area contributed by atoms with Crippen LogP contribution in [0.4, 0.5) is 10.5 Å². The zero-order valence-corrected chi connectivity index (χ0v) is 13.6. The quantitative estimate of drug-likeness (QED) is 0.894. The van der Waals surface area contributed by atoms with Crippen molar-refractivity contribution in [2.24, 2.45) is 5.92 Å². The number of pyridine rings is 1. The highest BCUT2D eigenvalue weighted by Gasteiger charge is 2.42. The van der Waals surface area contributed by atoms with Gasteiger partial charge in [-0.05, 0) is 50.5 Å². The molecular formula is C16H22ClN3O2. The summed E-state index contributed by atoms with van der Waals surface area (Å²) < 4.78 is 5.91. The summed E-state index contributed by atoms with van der Waals surface area (Å²) in [5.74, 6) is 0.499. The van der Waals surface area contributed by atoms with Gasteiger partial charge in [-0.25, -0.2) is 4.79 Å². The molecule has 1 spiro atoms. The Kier molecular flexibility index (Phi) is 4.54. The number of amides is 2.